The maximum Gasteiger partial charge on any atom is 0.351 e. The van der Waals surface area contributed by atoms with Crippen LogP contribution in [0.25, 0.3) is 10.9 Å². The van der Waals surface area contributed by atoms with E-state index in [2.05, 4.69) is 5.10 Å². The van der Waals surface area contributed by atoms with Gasteiger partial charge in [-0.25, -0.2) is 0 Å². The van der Waals surface area contributed by atoms with Crippen molar-refractivity contribution in [1.82, 2.24) is 20.0 Å². The molecule has 21 N–H and O–H groups in total. The maximum absolute atomic E-state index is 13.2. The topological polar surface area (TPSA) is 455 Å². The summed E-state index contributed by atoms with van der Waals surface area (Å²) in [5, 5.41) is 210. The molecule has 0 spiro atoms. The van der Waals surface area contributed by atoms with Crippen molar-refractivity contribution in [2.24, 2.45) is 7.05 Å². The highest BCUT2D eigenvalue weighted by Gasteiger charge is 3.02. The smallest absolute Gasteiger partial charge is 0.351 e. The van der Waals surface area contributed by atoms with Crippen LogP contribution in [0.5, 0.6) is 23.0 Å². The monoisotopic (exact) mass is 632 g/mol. The minimum atomic E-state index is -5.63. The van der Waals surface area contributed by atoms with E-state index >= 15 is 0 Å². The molecule has 1 amide bonds. The Kier molecular flexibility index (Phi) is 6.09. The van der Waals surface area contributed by atoms with Gasteiger partial charge in [0.05, 0.1) is 5.39 Å². The molecule has 2 aliphatic heterocycles. The largest absolute Gasteiger partial charge is 0.504 e. The fourth-order valence-corrected chi connectivity index (χ4v) is 5.29. The molecule has 1 aromatic carbocycles. The Morgan fingerprint density at radius 2 is 1.05 bits per heavy atom. The van der Waals surface area contributed by atoms with Crippen molar-refractivity contribution < 1.29 is 107 Å². The molecule has 25 nitrogen and oxygen atoms in total. The highest BCUT2D eigenvalue weighted by atomic mass is 16.8. The van der Waals surface area contributed by atoms with Crippen LogP contribution in [-0.2, 0) is 7.05 Å². The molecule has 0 radical (unpaired) electrons. The number of aliphatic hydroxyl groups is 16. The molecule has 25 heteroatoms. The summed E-state index contributed by atoms with van der Waals surface area (Å²) in [4.78, 5) is 11.3. The van der Waals surface area contributed by atoms with Crippen LogP contribution < -0.4 is 5.32 Å². The molecule has 0 aliphatic carbocycles. The van der Waals surface area contributed by atoms with E-state index in [9.17, 15) is 107 Å². The molecule has 2 unspecified atom stereocenters. The zero-order valence-electron chi connectivity index (χ0n) is 20.7. The number of aromatic hydroxyl groups is 4. The summed E-state index contributed by atoms with van der Waals surface area (Å²) in [7, 11) is 0.895. The lowest BCUT2D eigenvalue weighted by atomic mass is 9.59. The van der Waals surface area contributed by atoms with Crippen LogP contribution in [-0.4, -0.2) is 175 Å². The highest BCUT2D eigenvalue weighted by Crippen LogP contribution is 2.65. The first kappa shape index (κ1) is 32.6. The second-order valence-corrected chi connectivity index (χ2v) is 9.90. The molecule has 242 valence electrons. The number of rotatable bonds is 3. The van der Waals surface area contributed by atoms with E-state index in [4.69, 9.17) is 0 Å². The van der Waals surface area contributed by atoms with Crippen LogP contribution in [0, 0.1) is 0 Å². The van der Waals surface area contributed by atoms with Gasteiger partial charge in [-0.15, -0.1) is 4.90 Å². The highest BCUT2D eigenvalue weighted by molar-refractivity contribution is 6.10. The van der Waals surface area contributed by atoms with Crippen molar-refractivity contribution in [2.45, 2.75) is 52.2 Å². The van der Waals surface area contributed by atoms with Gasteiger partial charge >= 0.3 is 6.10 Å². The van der Waals surface area contributed by atoms with E-state index in [0.29, 0.717) is 4.68 Å². The lowest BCUT2D eigenvalue weighted by Crippen LogP contribution is -3.09. The second-order valence-electron chi connectivity index (χ2n) is 9.90. The Morgan fingerprint density at radius 3 is 1.44 bits per heavy atom. The third-order valence-corrected chi connectivity index (χ3v) is 7.56. The van der Waals surface area contributed by atoms with Gasteiger partial charge in [-0.1, -0.05) is 0 Å². The fraction of sp³-hybridized carbons (Fsp3) is 0.556. The average Bonchev–Trinajstić information content (AvgIpc) is 3.20. The quantitative estimate of drug-likeness (QED) is 0.0848. The number of piperidine rings is 2. The molecule has 2 aromatic rings. The number of hydrogen-bond acceptors (Lipinski definition) is 23. The molecule has 2 atom stereocenters. The number of aryl methyl sites for hydroxylation is 1. The van der Waals surface area contributed by atoms with E-state index in [1.54, 1.807) is 0 Å². The van der Waals surface area contributed by atoms with Gasteiger partial charge in [0.25, 0.3) is 40.6 Å². The molecular weight excluding hydrogens is 608 g/mol. The number of fused-ring (bicyclic) bond motifs is 3. The number of nitrogens with one attached hydrogen (secondary N) is 1. The van der Waals surface area contributed by atoms with Gasteiger partial charge in [-0.2, -0.15) is 5.10 Å². The van der Waals surface area contributed by atoms with Gasteiger partial charge in [-0.05, 0) is 0 Å². The van der Waals surface area contributed by atoms with E-state index in [-0.39, 0.29) is 0 Å². The summed E-state index contributed by atoms with van der Waals surface area (Å²) in [6, 6.07) is 0. The van der Waals surface area contributed by atoms with E-state index in [0.717, 1.165) is 12.4 Å². The number of benzene rings is 1. The summed E-state index contributed by atoms with van der Waals surface area (Å²) in [5.74, 6) is -35.9. The van der Waals surface area contributed by atoms with Gasteiger partial charge in [0.1, 0.15) is 5.52 Å². The average molecular weight is 632 g/mol. The Labute approximate surface area is 232 Å². The Morgan fingerprint density at radius 1 is 0.651 bits per heavy atom. The van der Waals surface area contributed by atoms with Crippen molar-refractivity contribution in [3.63, 3.8) is 0 Å². The first-order valence-corrected chi connectivity index (χ1v) is 10.9. The molecule has 4 rings (SSSR count). The number of carbonyl (C=O) groups excluding carboxylic acids is 1. The number of aromatic nitrogens is 2. The summed E-state index contributed by atoms with van der Waals surface area (Å²) in [5.41, 5.74) is -18.8. The van der Waals surface area contributed by atoms with E-state index in [1.807, 2.05) is 0 Å². The lowest BCUT2D eigenvalue weighted by molar-refractivity contribution is -0.688. The van der Waals surface area contributed by atoms with Crippen molar-refractivity contribution in [1.29, 1.82) is 0 Å². The number of phenols is 4. The molecule has 43 heavy (non-hydrogen) atoms. The van der Waals surface area contributed by atoms with Crippen LogP contribution in [0.15, 0.2) is 0 Å². The van der Waals surface area contributed by atoms with E-state index in [1.165, 1.54) is 0 Å². The molecular formula is C18H24N4O21. The second kappa shape index (κ2) is 8.03. The van der Waals surface area contributed by atoms with Crippen LogP contribution in [0.1, 0.15) is 10.5 Å². The summed E-state index contributed by atoms with van der Waals surface area (Å²) < 4.78 is 0.472. The van der Waals surface area contributed by atoms with Gasteiger partial charge in [-0.3, -0.25) is 9.48 Å². The Balaban J connectivity index is 2.09. The van der Waals surface area contributed by atoms with Gasteiger partial charge < -0.3 is 107 Å². The first-order chi connectivity index (χ1) is 18.9. The molecule has 1 aromatic heterocycles. The minimum Gasteiger partial charge on any atom is -0.504 e. The van der Waals surface area contributed by atoms with E-state index < -0.39 is 103 Å². The number of amides is 1. The molecule has 2 bridgehead atoms. The SMILES string of the molecule is Cn1nc(C(=O)NC2(O)C(O)(O)C3(O)N(C(O)(O)O)C(O)(C(O)(O)C(O)(O)C3(O)O)C2(O)O)c2c(O)c(O)c(O)c(O)c21. The zero-order chi connectivity index (χ0) is 33.7. The summed E-state index contributed by atoms with van der Waals surface area (Å²) >= 11 is 0. The number of carbonyl (C=O) groups is 1. The predicted molar refractivity (Wildman–Crippen MR) is 117 cm³/mol. The minimum absolute atomic E-state index is 0.472. The van der Waals surface area contributed by atoms with Crippen molar-refractivity contribution in [2.75, 3.05) is 0 Å². The molecule has 2 fully saturated rings. The number of nitrogens with zero attached hydrogens (tertiary/aromatic N) is 3. The molecule has 2 saturated heterocycles. The van der Waals surface area contributed by atoms with Crippen LogP contribution in [0.2, 0.25) is 0 Å². The normalized spacial score (nSPS) is 32.5. The Hall–Kier alpha value is -3.32. The zero-order valence-corrected chi connectivity index (χ0v) is 20.7. The predicted octanol–water partition coefficient (Wildman–Crippen LogP) is -11.5. The third-order valence-electron chi connectivity index (χ3n) is 7.56. The first-order valence-electron chi connectivity index (χ1n) is 10.9. The van der Waals surface area contributed by atoms with Crippen molar-refractivity contribution in [3.8, 4) is 23.0 Å². The van der Waals surface area contributed by atoms with Gasteiger partial charge in [0, 0.05) is 7.05 Å². The molecule has 2 aliphatic rings. The molecule has 3 heterocycles. The Bertz CT molecular complexity index is 1510. The third kappa shape index (κ3) is 3.00. The summed E-state index contributed by atoms with van der Waals surface area (Å²) in [6.45, 7) is 0. The fourth-order valence-electron chi connectivity index (χ4n) is 5.29. The summed E-state index contributed by atoms with van der Waals surface area (Å²) in [6.07, 6.45) is -5.34. The van der Waals surface area contributed by atoms with Crippen LogP contribution >= 0.6 is 0 Å². The molecule has 0 saturated carbocycles. The van der Waals surface area contributed by atoms with Crippen molar-refractivity contribution >= 4 is 16.8 Å². The lowest BCUT2D eigenvalue weighted by Gasteiger charge is -2.75. The van der Waals surface area contributed by atoms with Gasteiger partial charge in [0.15, 0.2) is 17.2 Å². The van der Waals surface area contributed by atoms with Crippen molar-refractivity contribution in [3.05, 3.63) is 5.69 Å². The maximum atomic E-state index is 13.2. The van der Waals surface area contributed by atoms with Crippen LogP contribution in [0.3, 0.4) is 0 Å². The van der Waals surface area contributed by atoms with Gasteiger partial charge in [0.2, 0.25) is 22.9 Å². The standard InChI is InChI=1S/C18H24N4O21/c1-21-4-2(5(23)7(25)8(26)6(4)24)3(20-21)9(27)19-10(28)13(31,32)11(29)15(35,36)17(39,40)16(37,38)12(30,14(10,33)34)22(11)18(41,42)43/h23-26,28-43H,1H3,(H,19,27). The number of hydrogen-bond donors (Lipinski definition) is 21. The van der Waals surface area contributed by atoms with Crippen LogP contribution in [0.4, 0.5) is 0 Å². The number of phenolic OH excluding ortho intramolecular Hbond substituents is 4.